The van der Waals surface area contributed by atoms with Crippen LogP contribution in [-0.4, -0.2) is 28.0 Å². The Hall–Kier alpha value is -1.65. The molecule has 0 bridgehead atoms. The Morgan fingerprint density at radius 2 is 1.95 bits per heavy atom. The Kier molecular flexibility index (Phi) is 4.93. The summed E-state index contributed by atoms with van der Waals surface area (Å²) in [5, 5.41) is 6.23. The van der Waals surface area contributed by atoms with Gasteiger partial charge in [0.1, 0.15) is 5.69 Å². The first-order valence-corrected chi connectivity index (χ1v) is 7.47. The molecule has 1 aliphatic carbocycles. The number of amides is 1. The monoisotopic (exact) mass is 276 g/mol. The second-order valence-corrected chi connectivity index (χ2v) is 5.83. The third-order valence-electron chi connectivity index (χ3n) is 3.45. The minimum absolute atomic E-state index is 0.104. The van der Waals surface area contributed by atoms with Gasteiger partial charge in [-0.1, -0.05) is 19.3 Å². The maximum Gasteiger partial charge on any atom is 0.270 e. The molecule has 1 aromatic heterocycles. The van der Waals surface area contributed by atoms with Crippen molar-refractivity contribution in [3.05, 3.63) is 17.5 Å². The lowest BCUT2D eigenvalue weighted by atomic mass is 9.96. The van der Waals surface area contributed by atoms with E-state index < -0.39 is 0 Å². The highest BCUT2D eigenvalue weighted by Gasteiger charge is 2.16. The predicted octanol–water partition coefficient (Wildman–Crippen LogP) is 2.67. The molecule has 110 valence electrons. The second-order valence-electron chi connectivity index (χ2n) is 5.83. The van der Waals surface area contributed by atoms with Crippen LogP contribution in [-0.2, 0) is 0 Å². The van der Waals surface area contributed by atoms with Crippen LogP contribution in [0.25, 0.3) is 0 Å². The average molecular weight is 276 g/mol. The van der Waals surface area contributed by atoms with Crippen molar-refractivity contribution in [2.75, 3.05) is 5.32 Å². The molecule has 0 saturated heterocycles. The highest BCUT2D eigenvalue weighted by atomic mass is 16.1. The number of carbonyl (C=O) groups excluding carboxylic acids is 1. The molecule has 0 radical (unpaired) electrons. The van der Waals surface area contributed by atoms with Crippen molar-refractivity contribution in [3.8, 4) is 0 Å². The van der Waals surface area contributed by atoms with Crippen LogP contribution in [0.15, 0.2) is 6.07 Å². The molecule has 1 saturated carbocycles. The van der Waals surface area contributed by atoms with E-state index in [4.69, 9.17) is 0 Å². The molecule has 0 aliphatic heterocycles. The van der Waals surface area contributed by atoms with Crippen molar-refractivity contribution in [3.63, 3.8) is 0 Å². The number of rotatable bonds is 4. The van der Waals surface area contributed by atoms with Gasteiger partial charge in [-0.3, -0.25) is 4.79 Å². The zero-order valence-corrected chi connectivity index (χ0v) is 12.6. The Labute approximate surface area is 120 Å². The van der Waals surface area contributed by atoms with E-state index in [-0.39, 0.29) is 11.9 Å². The predicted molar refractivity (Wildman–Crippen MR) is 79.9 cm³/mol. The normalized spacial score (nSPS) is 16.2. The van der Waals surface area contributed by atoms with Crippen LogP contribution in [0, 0.1) is 6.92 Å². The van der Waals surface area contributed by atoms with Gasteiger partial charge in [-0.2, -0.15) is 0 Å². The Bertz CT molecular complexity index is 467. The van der Waals surface area contributed by atoms with Crippen molar-refractivity contribution in [1.82, 2.24) is 15.3 Å². The van der Waals surface area contributed by atoms with E-state index >= 15 is 0 Å². The lowest BCUT2D eigenvalue weighted by molar-refractivity contribution is 0.0938. The van der Waals surface area contributed by atoms with Crippen molar-refractivity contribution in [1.29, 1.82) is 0 Å². The molecule has 20 heavy (non-hydrogen) atoms. The van der Waals surface area contributed by atoms with Crippen LogP contribution in [0.2, 0.25) is 0 Å². The standard InChI is InChI=1S/C15H24N4O/c1-10(2)16-14(20)13-9-11(3)17-15(19-13)18-12-7-5-4-6-8-12/h9-10,12H,4-8H2,1-3H3,(H,16,20)(H,17,18,19). The van der Waals surface area contributed by atoms with Crippen LogP contribution >= 0.6 is 0 Å². The topological polar surface area (TPSA) is 66.9 Å². The molecule has 2 N–H and O–H groups in total. The SMILES string of the molecule is Cc1cc(C(=O)NC(C)C)nc(NC2CCCCC2)n1. The first-order valence-electron chi connectivity index (χ1n) is 7.47. The van der Waals surface area contributed by atoms with Gasteiger partial charge in [0, 0.05) is 17.8 Å². The van der Waals surface area contributed by atoms with Gasteiger partial charge in [0.25, 0.3) is 5.91 Å². The van der Waals surface area contributed by atoms with E-state index in [2.05, 4.69) is 20.6 Å². The van der Waals surface area contributed by atoms with E-state index in [0.29, 0.717) is 17.7 Å². The molecule has 0 atom stereocenters. The van der Waals surface area contributed by atoms with Crippen molar-refractivity contribution >= 4 is 11.9 Å². The number of anilines is 1. The second kappa shape index (κ2) is 6.68. The van der Waals surface area contributed by atoms with E-state index in [0.717, 1.165) is 18.5 Å². The van der Waals surface area contributed by atoms with Crippen LogP contribution in [0.5, 0.6) is 0 Å². The van der Waals surface area contributed by atoms with Gasteiger partial charge >= 0.3 is 0 Å². The maximum absolute atomic E-state index is 12.0. The smallest absolute Gasteiger partial charge is 0.270 e. The number of aromatic nitrogens is 2. The Morgan fingerprint density at radius 3 is 2.60 bits per heavy atom. The summed E-state index contributed by atoms with van der Waals surface area (Å²) in [6.45, 7) is 5.76. The van der Waals surface area contributed by atoms with Gasteiger partial charge in [0.05, 0.1) is 0 Å². The minimum Gasteiger partial charge on any atom is -0.351 e. The van der Waals surface area contributed by atoms with Crippen LogP contribution in [0.4, 0.5) is 5.95 Å². The van der Waals surface area contributed by atoms with Gasteiger partial charge in [-0.15, -0.1) is 0 Å². The molecule has 2 rings (SSSR count). The number of hydrogen-bond acceptors (Lipinski definition) is 4. The summed E-state index contributed by atoms with van der Waals surface area (Å²) in [5.74, 6) is 0.433. The number of nitrogens with zero attached hydrogens (tertiary/aromatic N) is 2. The maximum atomic E-state index is 12.0. The molecular formula is C15H24N4O. The van der Waals surface area contributed by atoms with Crippen LogP contribution in [0.3, 0.4) is 0 Å². The number of nitrogens with one attached hydrogen (secondary N) is 2. The molecule has 0 unspecified atom stereocenters. The molecule has 1 fully saturated rings. The lowest BCUT2D eigenvalue weighted by Gasteiger charge is -2.23. The average Bonchev–Trinajstić information content (AvgIpc) is 2.38. The summed E-state index contributed by atoms with van der Waals surface area (Å²) in [7, 11) is 0. The summed E-state index contributed by atoms with van der Waals surface area (Å²) in [4.78, 5) is 20.8. The Morgan fingerprint density at radius 1 is 1.25 bits per heavy atom. The zero-order valence-electron chi connectivity index (χ0n) is 12.6. The van der Waals surface area contributed by atoms with E-state index in [1.807, 2.05) is 20.8 Å². The highest BCUT2D eigenvalue weighted by Crippen LogP contribution is 2.20. The van der Waals surface area contributed by atoms with Gasteiger partial charge < -0.3 is 10.6 Å². The summed E-state index contributed by atoms with van der Waals surface area (Å²) >= 11 is 0. The Balaban J connectivity index is 2.09. The third kappa shape index (κ3) is 4.18. The zero-order chi connectivity index (χ0) is 14.5. The summed E-state index contributed by atoms with van der Waals surface area (Å²) in [5.41, 5.74) is 1.25. The summed E-state index contributed by atoms with van der Waals surface area (Å²) in [6.07, 6.45) is 6.14. The summed E-state index contributed by atoms with van der Waals surface area (Å²) in [6, 6.07) is 2.27. The molecule has 0 spiro atoms. The molecule has 1 aromatic rings. The van der Waals surface area contributed by atoms with Crippen molar-refractivity contribution in [2.45, 2.75) is 65.0 Å². The number of carbonyl (C=O) groups is 1. The molecule has 1 aliphatic rings. The first-order chi connectivity index (χ1) is 9.54. The number of aryl methyl sites for hydroxylation is 1. The van der Waals surface area contributed by atoms with E-state index in [1.54, 1.807) is 6.07 Å². The number of hydrogen-bond donors (Lipinski definition) is 2. The first kappa shape index (κ1) is 14.8. The molecule has 0 aromatic carbocycles. The highest BCUT2D eigenvalue weighted by molar-refractivity contribution is 5.92. The van der Waals surface area contributed by atoms with Crippen LogP contribution < -0.4 is 10.6 Å². The minimum atomic E-state index is -0.141. The fraction of sp³-hybridized carbons (Fsp3) is 0.667. The largest absolute Gasteiger partial charge is 0.351 e. The van der Waals surface area contributed by atoms with Crippen molar-refractivity contribution in [2.24, 2.45) is 0 Å². The summed E-state index contributed by atoms with van der Waals surface area (Å²) < 4.78 is 0. The van der Waals surface area contributed by atoms with Gasteiger partial charge in [0.15, 0.2) is 0 Å². The van der Waals surface area contributed by atoms with Crippen molar-refractivity contribution < 1.29 is 4.79 Å². The molecule has 1 amide bonds. The van der Waals surface area contributed by atoms with Gasteiger partial charge in [0.2, 0.25) is 5.95 Å². The quantitative estimate of drug-likeness (QED) is 0.887. The molecule has 5 nitrogen and oxygen atoms in total. The molecular weight excluding hydrogens is 252 g/mol. The van der Waals surface area contributed by atoms with E-state index in [9.17, 15) is 4.79 Å². The molecule has 5 heteroatoms. The fourth-order valence-electron chi connectivity index (χ4n) is 2.52. The van der Waals surface area contributed by atoms with E-state index in [1.165, 1.54) is 19.3 Å². The molecule has 1 heterocycles. The van der Waals surface area contributed by atoms with Crippen LogP contribution in [0.1, 0.15) is 62.1 Å². The fourth-order valence-corrected chi connectivity index (χ4v) is 2.52. The lowest BCUT2D eigenvalue weighted by Crippen LogP contribution is -2.31. The van der Waals surface area contributed by atoms with Gasteiger partial charge in [-0.25, -0.2) is 9.97 Å². The van der Waals surface area contributed by atoms with Gasteiger partial charge in [-0.05, 0) is 39.7 Å². The third-order valence-corrected chi connectivity index (χ3v) is 3.45.